The zero-order chi connectivity index (χ0) is 16.2. The summed E-state index contributed by atoms with van der Waals surface area (Å²) in [6, 6.07) is 5.07. The molecule has 2 aliphatic rings. The monoisotopic (exact) mass is 335 g/mol. The molecule has 1 unspecified atom stereocenters. The minimum atomic E-state index is -0.878. The Kier molecular flexibility index (Phi) is 4.82. The van der Waals surface area contributed by atoms with E-state index in [1.54, 1.807) is 18.2 Å². The van der Waals surface area contributed by atoms with Crippen LogP contribution in [0.2, 0.25) is 0 Å². The topological polar surface area (TPSA) is 100 Å². The standard InChI is InChI=1S/C15H17N3O4S/c19-14(10-1-2-12-13(7-10)18-23-17-12)16-8-11(15(20)21)9-3-5-22-6-4-9/h1-2,7,9,11H,3-6,8H2,(H,16,19)(H,20,21). The first-order valence-corrected chi connectivity index (χ1v) is 8.19. The zero-order valence-electron chi connectivity index (χ0n) is 12.4. The summed E-state index contributed by atoms with van der Waals surface area (Å²) in [6.07, 6.45) is 1.42. The average molecular weight is 335 g/mol. The SMILES string of the molecule is O=C(NCC(C(=O)O)C1CCOCC1)c1ccc2c(c1)N=S=N2. The molecule has 0 radical (unpaired) electrons. The Balaban J connectivity index is 1.62. The third kappa shape index (κ3) is 3.65. The number of nitrogens with one attached hydrogen (secondary N) is 1. The van der Waals surface area contributed by atoms with Crippen LogP contribution in [-0.2, 0) is 20.9 Å². The van der Waals surface area contributed by atoms with Crippen molar-refractivity contribution in [2.75, 3.05) is 19.8 Å². The molecular weight excluding hydrogens is 318 g/mol. The molecule has 0 saturated carbocycles. The van der Waals surface area contributed by atoms with Crippen molar-refractivity contribution in [3.63, 3.8) is 0 Å². The summed E-state index contributed by atoms with van der Waals surface area (Å²) in [7, 11) is 0. The van der Waals surface area contributed by atoms with E-state index in [4.69, 9.17) is 4.74 Å². The first-order valence-electron chi connectivity index (χ1n) is 7.46. The first kappa shape index (κ1) is 15.8. The maximum Gasteiger partial charge on any atom is 0.308 e. The molecule has 0 bridgehead atoms. The number of aliphatic carboxylic acids is 1. The molecule has 23 heavy (non-hydrogen) atoms. The molecule has 1 aromatic carbocycles. The van der Waals surface area contributed by atoms with Crippen LogP contribution in [-0.4, -0.2) is 36.7 Å². The number of hydrogen-bond donors (Lipinski definition) is 2. The summed E-state index contributed by atoms with van der Waals surface area (Å²) in [5.41, 5.74) is 1.88. The van der Waals surface area contributed by atoms with Crippen LogP contribution in [0.4, 0.5) is 11.4 Å². The van der Waals surface area contributed by atoms with E-state index in [1.807, 2.05) is 0 Å². The van der Waals surface area contributed by atoms with Gasteiger partial charge in [-0.05, 0) is 37.0 Å². The zero-order valence-corrected chi connectivity index (χ0v) is 13.2. The Morgan fingerprint density at radius 3 is 2.78 bits per heavy atom. The molecule has 2 aliphatic heterocycles. The van der Waals surface area contributed by atoms with Crippen molar-refractivity contribution in [1.82, 2.24) is 5.32 Å². The number of rotatable bonds is 5. The summed E-state index contributed by atoms with van der Waals surface area (Å²) in [5, 5.41) is 12.1. The number of fused-ring (bicyclic) bond motifs is 1. The van der Waals surface area contributed by atoms with Gasteiger partial charge in [0.1, 0.15) is 11.4 Å². The predicted molar refractivity (Wildman–Crippen MR) is 85.0 cm³/mol. The number of amides is 1. The Morgan fingerprint density at radius 1 is 1.30 bits per heavy atom. The second kappa shape index (κ2) is 7.01. The molecule has 1 saturated heterocycles. The minimum absolute atomic E-state index is 0.0340. The lowest BCUT2D eigenvalue weighted by Gasteiger charge is -2.27. The van der Waals surface area contributed by atoms with Crippen molar-refractivity contribution in [3.8, 4) is 0 Å². The molecule has 1 aromatic rings. The highest BCUT2D eigenvalue weighted by Gasteiger charge is 2.30. The molecule has 122 valence electrons. The molecule has 8 heteroatoms. The molecule has 1 atom stereocenters. The molecule has 0 aromatic heterocycles. The van der Waals surface area contributed by atoms with Crippen molar-refractivity contribution < 1.29 is 19.4 Å². The minimum Gasteiger partial charge on any atom is -0.481 e. The second-order valence-electron chi connectivity index (χ2n) is 5.57. The quantitative estimate of drug-likeness (QED) is 0.875. The summed E-state index contributed by atoms with van der Waals surface area (Å²) in [6.45, 7) is 1.28. The van der Waals surface area contributed by atoms with E-state index in [9.17, 15) is 14.7 Å². The van der Waals surface area contributed by atoms with Gasteiger partial charge in [-0.2, -0.15) is 8.73 Å². The van der Waals surface area contributed by atoms with Crippen molar-refractivity contribution >= 4 is 34.6 Å². The van der Waals surface area contributed by atoms with Crippen LogP contribution in [0.3, 0.4) is 0 Å². The molecule has 1 fully saturated rings. The Labute approximate surface area is 136 Å². The summed E-state index contributed by atoms with van der Waals surface area (Å²) in [5.74, 6) is -1.73. The Hall–Kier alpha value is -2.06. The number of carbonyl (C=O) groups excluding carboxylic acids is 1. The number of benzene rings is 1. The van der Waals surface area contributed by atoms with Gasteiger partial charge in [0, 0.05) is 25.3 Å². The van der Waals surface area contributed by atoms with Gasteiger partial charge < -0.3 is 15.2 Å². The highest BCUT2D eigenvalue weighted by Crippen LogP contribution is 2.32. The first-order chi connectivity index (χ1) is 11.1. The normalized spacial score (nSPS) is 18.1. The van der Waals surface area contributed by atoms with Gasteiger partial charge in [-0.3, -0.25) is 9.59 Å². The third-order valence-electron chi connectivity index (χ3n) is 4.15. The van der Waals surface area contributed by atoms with Crippen molar-refractivity contribution in [1.29, 1.82) is 0 Å². The third-order valence-corrected chi connectivity index (χ3v) is 4.71. The van der Waals surface area contributed by atoms with E-state index in [1.165, 1.54) is 0 Å². The number of carboxylic acids is 1. The number of carbonyl (C=O) groups is 2. The van der Waals surface area contributed by atoms with Crippen LogP contribution in [0, 0.1) is 11.8 Å². The van der Waals surface area contributed by atoms with Crippen molar-refractivity contribution in [2.24, 2.45) is 20.6 Å². The van der Waals surface area contributed by atoms with Gasteiger partial charge >= 0.3 is 5.97 Å². The van der Waals surface area contributed by atoms with Crippen molar-refractivity contribution in [3.05, 3.63) is 23.8 Å². The predicted octanol–water partition coefficient (Wildman–Crippen LogP) is 2.27. The lowest BCUT2D eigenvalue weighted by molar-refractivity contribution is -0.144. The van der Waals surface area contributed by atoms with E-state index in [-0.39, 0.29) is 18.4 Å². The fourth-order valence-electron chi connectivity index (χ4n) is 2.80. The van der Waals surface area contributed by atoms with Crippen LogP contribution in [0.5, 0.6) is 0 Å². The lowest BCUT2D eigenvalue weighted by atomic mass is 9.86. The number of nitrogens with zero attached hydrogens (tertiary/aromatic N) is 2. The Bertz CT molecular complexity index is 694. The molecule has 2 heterocycles. The summed E-state index contributed by atoms with van der Waals surface area (Å²) >= 11 is 1.09. The highest BCUT2D eigenvalue weighted by atomic mass is 32.1. The van der Waals surface area contributed by atoms with E-state index in [2.05, 4.69) is 14.0 Å². The number of carboxylic acid groups (broad SMARTS) is 1. The van der Waals surface area contributed by atoms with E-state index >= 15 is 0 Å². The van der Waals surface area contributed by atoms with Crippen LogP contribution in [0.1, 0.15) is 23.2 Å². The molecule has 2 N–H and O–H groups in total. The largest absolute Gasteiger partial charge is 0.481 e. The molecule has 0 spiro atoms. The summed E-state index contributed by atoms with van der Waals surface area (Å²) < 4.78 is 13.5. The lowest BCUT2D eigenvalue weighted by Crippen LogP contribution is -2.38. The summed E-state index contributed by atoms with van der Waals surface area (Å²) in [4.78, 5) is 23.7. The van der Waals surface area contributed by atoms with E-state index < -0.39 is 11.9 Å². The van der Waals surface area contributed by atoms with Gasteiger partial charge in [0.05, 0.1) is 17.3 Å². The average Bonchev–Trinajstić information content (AvgIpc) is 3.03. The maximum absolute atomic E-state index is 12.2. The van der Waals surface area contributed by atoms with Gasteiger partial charge in [0.15, 0.2) is 0 Å². The molecule has 3 rings (SSSR count). The van der Waals surface area contributed by atoms with E-state index in [0.29, 0.717) is 37.3 Å². The highest BCUT2D eigenvalue weighted by molar-refractivity contribution is 7.58. The molecule has 1 amide bonds. The van der Waals surface area contributed by atoms with Crippen LogP contribution in [0.15, 0.2) is 26.9 Å². The van der Waals surface area contributed by atoms with Gasteiger partial charge in [-0.15, -0.1) is 0 Å². The molecule has 0 aliphatic carbocycles. The smallest absolute Gasteiger partial charge is 0.308 e. The molecule has 7 nitrogen and oxygen atoms in total. The second-order valence-corrected chi connectivity index (χ2v) is 6.10. The van der Waals surface area contributed by atoms with E-state index in [0.717, 1.165) is 17.0 Å². The van der Waals surface area contributed by atoms with Crippen molar-refractivity contribution in [2.45, 2.75) is 12.8 Å². The van der Waals surface area contributed by atoms with Crippen LogP contribution < -0.4 is 5.32 Å². The van der Waals surface area contributed by atoms with Crippen LogP contribution in [0.25, 0.3) is 0 Å². The Morgan fingerprint density at radius 2 is 2.04 bits per heavy atom. The fraction of sp³-hybridized carbons (Fsp3) is 0.467. The van der Waals surface area contributed by atoms with Gasteiger partial charge in [-0.25, -0.2) is 0 Å². The number of ether oxygens (including phenoxy) is 1. The fourth-order valence-corrected chi connectivity index (χ4v) is 3.32. The van der Waals surface area contributed by atoms with Crippen LogP contribution >= 0.6 is 0 Å². The molecular formula is C15H17N3O4S. The number of hydrogen-bond acceptors (Lipinski definition) is 5. The van der Waals surface area contributed by atoms with Gasteiger partial charge in [0.2, 0.25) is 0 Å². The van der Waals surface area contributed by atoms with Gasteiger partial charge in [-0.1, -0.05) is 0 Å². The van der Waals surface area contributed by atoms with Gasteiger partial charge in [0.25, 0.3) is 5.91 Å². The maximum atomic E-state index is 12.2.